The van der Waals surface area contributed by atoms with Gasteiger partial charge in [-0.2, -0.15) is 0 Å². The summed E-state index contributed by atoms with van der Waals surface area (Å²) >= 11 is 9.31. The fraction of sp³-hybridized carbons (Fsp3) is 0.0909. The van der Waals surface area contributed by atoms with E-state index in [1.807, 2.05) is 58.5 Å². The smallest absolute Gasteiger partial charge is 0.268 e. The van der Waals surface area contributed by atoms with Gasteiger partial charge in [0.2, 0.25) is 0 Å². The molecular weight excluding hydrogens is 450 g/mol. The van der Waals surface area contributed by atoms with Crippen LogP contribution in [0.15, 0.2) is 76.0 Å². The summed E-state index contributed by atoms with van der Waals surface area (Å²) < 4.78 is 2.68. The van der Waals surface area contributed by atoms with Gasteiger partial charge < -0.3 is 4.98 Å². The minimum Gasteiger partial charge on any atom is -0.309 e. The maximum atomic E-state index is 12.3. The molecule has 3 aromatic heterocycles. The Hall–Kier alpha value is -2.94. The zero-order chi connectivity index (χ0) is 21.2. The number of rotatable bonds is 6. The third kappa shape index (κ3) is 4.14. The molecule has 5 rings (SSSR count). The fourth-order valence-corrected chi connectivity index (χ4v) is 5.02. The minimum atomic E-state index is -0.113. The lowest BCUT2D eigenvalue weighted by molar-refractivity contribution is 0.714. The van der Waals surface area contributed by atoms with Gasteiger partial charge in [0.15, 0.2) is 11.0 Å². The van der Waals surface area contributed by atoms with Gasteiger partial charge in [-0.15, -0.1) is 21.5 Å². The molecule has 0 aliphatic rings. The molecule has 0 amide bonds. The number of hydrogen-bond donors (Lipinski definition) is 1. The second-order valence-electron chi connectivity index (χ2n) is 6.79. The second kappa shape index (κ2) is 8.66. The highest BCUT2D eigenvalue weighted by atomic mass is 35.5. The number of benzene rings is 2. The number of halogens is 1. The molecular formula is C22H16ClN5OS2. The quantitative estimate of drug-likeness (QED) is 0.347. The number of H-pyrrole nitrogens is 1. The zero-order valence-electron chi connectivity index (χ0n) is 16.2. The van der Waals surface area contributed by atoms with E-state index in [2.05, 4.69) is 32.3 Å². The molecule has 0 atom stereocenters. The summed E-state index contributed by atoms with van der Waals surface area (Å²) in [5, 5.41) is 12.1. The molecule has 31 heavy (non-hydrogen) atoms. The number of thioether (sulfide) groups is 1. The van der Waals surface area contributed by atoms with Gasteiger partial charge >= 0.3 is 0 Å². The van der Waals surface area contributed by atoms with E-state index >= 15 is 0 Å². The Bertz CT molecular complexity index is 1410. The maximum Gasteiger partial charge on any atom is 0.268 e. The molecule has 0 spiro atoms. The number of aromatic amines is 1. The van der Waals surface area contributed by atoms with Gasteiger partial charge in [0.1, 0.15) is 10.5 Å². The highest BCUT2D eigenvalue weighted by Crippen LogP contribution is 2.31. The van der Waals surface area contributed by atoms with Crippen LogP contribution < -0.4 is 5.56 Å². The van der Waals surface area contributed by atoms with Crippen molar-refractivity contribution in [3.63, 3.8) is 0 Å². The zero-order valence-corrected chi connectivity index (χ0v) is 18.5. The predicted molar refractivity (Wildman–Crippen MR) is 126 cm³/mol. The molecule has 0 fully saturated rings. The van der Waals surface area contributed by atoms with Crippen molar-refractivity contribution in [3.05, 3.63) is 92.8 Å². The molecule has 3 heterocycles. The molecule has 0 aliphatic heterocycles. The molecule has 9 heteroatoms. The van der Waals surface area contributed by atoms with Crippen molar-refractivity contribution in [1.29, 1.82) is 0 Å². The van der Waals surface area contributed by atoms with E-state index in [9.17, 15) is 4.79 Å². The van der Waals surface area contributed by atoms with Crippen LogP contribution in [0.1, 0.15) is 11.4 Å². The summed E-state index contributed by atoms with van der Waals surface area (Å²) in [6.07, 6.45) is 0. The van der Waals surface area contributed by atoms with E-state index in [1.54, 1.807) is 0 Å². The van der Waals surface area contributed by atoms with E-state index in [4.69, 9.17) is 11.6 Å². The standard InChI is InChI=1S/C22H16ClN5OS2/c23-16-9-5-4-8-15(16)20-26-27-22(28(20)12-14-6-2-1-3-7-14)31-13-18-24-17-10-11-30-19(17)21(29)25-18/h1-11H,12-13H2,(H,24,25,29). The molecule has 0 bridgehead atoms. The van der Waals surface area contributed by atoms with Gasteiger partial charge in [-0.05, 0) is 29.1 Å². The van der Waals surface area contributed by atoms with E-state index in [0.29, 0.717) is 39.2 Å². The van der Waals surface area contributed by atoms with Crippen LogP contribution in [0.5, 0.6) is 0 Å². The number of nitrogens with one attached hydrogen (secondary N) is 1. The Labute approximate surface area is 191 Å². The van der Waals surface area contributed by atoms with Gasteiger partial charge in [0, 0.05) is 5.56 Å². The maximum absolute atomic E-state index is 12.3. The highest BCUT2D eigenvalue weighted by molar-refractivity contribution is 7.98. The van der Waals surface area contributed by atoms with E-state index in [1.165, 1.54) is 23.1 Å². The lowest BCUT2D eigenvalue weighted by Crippen LogP contribution is -2.10. The third-order valence-corrected chi connectivity index (χ3v) is 6.93. The molecule has 6 nitrogen and oxygen atoms in total. The van der Waals surface area contributed by atoms with Crippen molar-refractivity contribution in [2.75, 3.05) is 0 Å². The monoisotopic (exact) mass is 465 g/mol. The van der Waals surface area contributed by atoms with Crippen LogP contribution >= 0.6 is 34.7 Å². The molecule has 5 aromatic rings. The van der Waals surface area contributed by atoms with Crippen LogP contribution in [0.4, 0.5) is 0 Å². The van der Waals surface area contributed by atoms with Crippen molar-refractivity contribution in [1.82, 2.24) is 24.7 Å². The summed E-state index contributed by atoms with van der Waals surface area (Å²) in [5.74, 6) is 1.78. The number of thiophene rings is 1. The lowest BCUT2D eigenvalue weighted by atomic mass is 10.2. The lowest BCUT2D eigenvalue weighted by Gasteiger charge is -2.11. The Morgan fingerprint density at radius 1 is 1.03 bits per heavy atom. The molecule has 0 aliphatic carbocycles. The van der Waals surface area contributed by atoms with Crippen molar-refractivity contribution in [2.45, 2.75) is 17.5 Å². The Morgan fingerprint density at radius 2 is 1.84 bits per heavy atom. The van der Waals surface area contributed by atoms with Gasteiger partial charge in [-0.1, -0.05) is 65.8 Å². The molecule has 0 radical (unpaired) electrons. The van der Waals surface area contributed by atoms with Crippen LogP contribution in [-0.4, -0.2) is 24.7 Å². The number of fused-ring (bicyclic) bond motifs is 1. The van der Waals surface area contributed by atoms with Crippen molar-refractivity contribution in [2.24, 2.45) is 0 Å². The Balaban J connectivity index is 1.50. The molecule has 1 N–H and O–H groups in total. The topological polar surface area (TPSA) is 76.5 Å². The first-order chi connectivity index (χ1) is 15.2. The number of nitrogens with zero attached hydrogens (tertiary/aromatic N) is 4. The van der Waals surface area contributed by atoms with Crippen molar-refractivity contribution >= 4 is 44.9 Å². The Morgan fingerprint density at radius 3 is 2.68 bits per heavy atom. The second-order valence-corrected chi connectivity index (χ2v) is 9.06. The summed E-state index contributed by atoms with van der Waals surface area (Å²) in [5.41, 5.74) is 2.55. The minimum absolute atomic E-state index is 0.113. The summed E-state index contributed by atoms with van der Waals surface area (Å²) in [4.78, 5) is 19.7. The molecule has 2 aromatic carbocycles. The van der Waals surface area contributed by atoms with Gasteiger partial charge in [0.25, 0.3) is 5.56 Å². The van der Waals surface area contributed by atoms with Crippen LogP contribution in [0.2, 0.25) is 5.02 Å². The molecule has 154 valence electrons. The molecule has 0 saturated carbocycles. The Kier molecular flexibility index (Phi) is 5.59. The summed E-state index contributed by atoms with van der Waals surface area (Å²) in [7, 11) is 0. The van der Waals surface area contributed by atoms with Crippen LogP contribution in [0, 0.1) is 0 Å². The fourth-order valence-electron chi connectivity index (χ4n) is 3.27. The van der Waals surface area contributed by atoms with Gasteiger partial charge in [0.05, 0.1) is 22.8 Å². The normalized spacial score (nSPS) is 11.3. The first-order valence-corrected chi connectivity index (χ1v) is 11.7. The van der Waals surface area contributed by atoms with E-state index in [0.717, 1.165) is 16.3 Å². The van der Waals surface area contributed by atoms with Crippen LogP contribution in [0.25, 0.3) is 21.6 Å². The summed E-state index contributed by atoms with van der Waals surface area (Å²) in [6.45, 7) is 0.601. The van der Waals surface area contributed by atoms with Gasteiger partial charge in [-0.25, -0.2) is 4.98 Å². The third-order valence-electron chi connectivity index (χ3n) is 4.72. The first kappa shape index (κ1) is 20.0. The largest absolute Gasteiger partial charge is 0.309 e. The van der Waals surface area contributed by atoms with Crippen LogP contribution in [0.3, 0.4) is 0 Å². The first-order valence-electron chi connectivity index (χ1n) is 9.50. The number of aromatic nitrogens is 5. The van der Waals surface area contributed by atoms with Gasteiger partial charge in [-0.3, -0.25) is 9.36 Å². The van der Waals surface area contributed by atoms with E-state index in [-0.39, 0.29) is 5.56 Å². The molecule has 0 unspecified atom stereocenters. The highest BCUT2D eigenvalue weighted by Gasteiger charge is 2.17. The molecule has 0 saturated heterocycles. The van der Waals surface area contributed by atoms with E-state index < -0.39 is 0 Å². The summed E-state index contributed by atoms with van der Waals surface area (Å²) in [6, 6.07) is 19.6. The average Bonchev–Trinajstić information content (AvgIpc) is 3.41. The number of hydrogen-bond acceptors (Lipinski definition) is 6. The van der Waals surface area contributed by atoms with Crippen LogP contribution in [-0.2, 0) is 12.3 Å². The SMILES string of the molecule is O=c1[nH]c(CSc2nnc(-c3ccccc3Cl)n2Cc2ccccc2)nc2ccsc12. The average molecular weight is 466 g/mol. The predicted octanol–water partition coefficient (Wildman–Crippen LogP) is 5.24. The van der Waals surface area contributed by atoms with Crippen molar-refractivity contribution in [3.8, 4) is 11.4 Å². The van der Waals surface area contributed by atoms with Crippen molar-refractivity contribution < 1.29 is 0 Å².